The minimum atomic E-state index is -3.68. The maximum atomic E-state index is 14.0. The zero-order valence-electron chi connectivity index (χ0n) is 25.6. The van der Waals surface area contributed by atoms with E-state index < -0.39 is 21.6 Å². The van der Waals surface area contributed by atoms with E-state index in [-0.39, 0.29) is 37.7 Å². The average molecular weight is 642 g/mol. The predicted octanol–water partition coefficient (Wildman–Crippen LogP) is 5.21. The van der Waals surface area contributed by atoms with E-state index in [2.05, 4.69) is 5.32 Å². The molecule has 1 atom stereocenters. The van der Waals surface area contributed by atoms with Gasteiger partial charge in [-0.1, -0.05) is 60.1 Å². The first-order valence-electron chi connectivity index (χ1n) is 14.6. The number of carbonyl (C=O) groups excluding carboxylic acids is 2. The Kier molecular flexibility index (Phi) is 10.8. The van der Waals surface area contributed by atoms with Gasteiger partial charge in [0.1, 0.15) is 19.3 Å². The van der Waals surface area contributed by atoms with Gasteiger partial charge in [-0.25, -0.2) is 8.42 Å². The molecule has 0 aromatic heterocycles. The third-order valence-corrected chi connectivity index (χ3v) is 8.60. The van der Waals surface area contributed by atoms with E-state index in [4.69, 9.17) is 21.1 Å². The molecule has 44 heavy (non-hydrogen) atoms. The summed E-state index contributed by atoms with van der Waals surface area (Å²) in [4.78, 5) is 29.3. The van der Waals surface area contributed by atoms with Crippen LogP contribution in [-0.4, -0.2) is 62.7 Å². The number of sulfonamides is 1. The topological polar surface area (TPSA) is 105 Å². The minimum Gasteiger partial charge on any atom is -0.486 e. The first kappa shape index (κ1) is 33.1. The summed E-state index contributed by atoms with van der Waals surface area (Å²) in [6.07, 6.45) is 1.65. The lowest BCUT2D eigenvalue weighted by atomic mass is 10.00. The van der Waals surface area contributed by atoms with Crippen LogP contribution in [0.3, 0.4) is 0 Å². The van der Waals surface area contributed by atoms with E-state index in [1.807, 2.05) is 69.3 Å². The fourth-order valence-corrected chi connectivity index (χ4v) is 6.16. The molecule has 9 nitrogen and oxygen atoms in total. The second kappa shape index (κ2) is 14.3. The Labute approximate surface area is 265 Å². The van der Waals surface area contributed by atoms with Crippen molar-refractivity contribution in [3.63, 3.8) is 0 Å². The fourth-order valence-electron chi connectivity index (χ4n) is 5.01. The van der Waals surface area contributed by atoms with Crippen molar-refractivity contribution in [3.8, 4) is 11.5 Å². The summed E-state index contributed by atoms with van der Waals surface area (Å²) in [5.41, 5.74) is 1.51. The monoisotopic (exact) mass is 641 g/mol. The maximum Gasteiger partial charge on any atom is 0.243 e. The molecule has 2 amide bonds. The average Bonchev–Trinajstić information content (AvgIpc) is 2.96. The second-order valence-corrected chi connectivity index (χ2v) is 14.1. The molecule has 3 aromatic carbocycles. The number of hydrogen-bond acceptors (Lipinski definition) is 6. The van der Waals surface area contributed by atoms with E-state index in [0.717, 1.165) is 11.8 Å². The van der Waals surface area contributed by atoms with Crippen LogP contribution in [0.15, 0.2) is 72.8 Å². The predicted molar refractivity (Wildman–Crippen MR) is 173 cm³/mol. The Morgan fingerprint density at radius 1 is 0.955 bits per heavy atom. The molecule has 0 aliphatic carbocycles. The number of anilines is 1. The Bertz CT molecular complexity index is 1560. The molecule has 1 aliphatic heterocycles. The van der Waals surface area contributed by atoms with Crippen LogP contribution in [0.1, 0.15) is 44.7 Å². The van der Waals surface area contributed by atoms with Gasteiger partial charge in [0, 0.05) is 42.6 Å². The van der Waals surface area contributed by atoms with Crippen molar-refractivity contribution in [2.45, 2.75) is 58.2 Å². The van der Waals surface area contributed by atoms with E-state index in [9.17, 15) is 18.0 Å². The smallest absolute Gasteiger partial charge is 0.243 e. The third-order valence-electron chi connectivity index (χ3n) is 7.03. The number of fused-ring (bicyclic) bond motifs is 1. The first-order valence-corrected chi connectivity index (χ1v) is 16.8. The van der Waals surface area contributed by atoms with Crippen LogP contribution in [0, 0.1) is 0 Å². The van der Waals surface area contributed by atoms with Crippen molar-refractivity contribution in [1.29, 1.82) is 0 Å². The Morgan fingerprint density at radius 2 is 1.61 bits per heavy atom. The highest BCUT2D eigenvalue weighted by Crippen LogP contribution is 2.35. The SMILES string of the molecule is CC(C)(C)NC(=O)[C@H](Cc1ccccc1)N(Cc1ccccc1Cl)C(=O)CCCN(c1ccc2c(c1)OCCO2)S(C)(=O)=O. The molecule has 0 radical (unpaired) electrons. The van der Waals surface area contributed by atoms with Crippen molar-refractivity contribution < 1.29 is 27.5 Å². The lowest BCUT2D eigenvalue weighted by molar-refractivity contribution is -0.142. The summed E-state index contributed by atoms with van der Waals surface area (Å²) in [5.74, 6) is 0.455. The second-order valence-electron chi connectivity index (χ2n) is 11.8. The van der Waals surface area contributed by atoms with Gasteiger partial charge < -0.3 is 19.7 Å². The first-order chi connectivity index (χ1) is 20.8. The van der Waals surface area contributed by atoms with Gasteiger partial charge in [0.05, 0.1) is 11.9 Å². The van der Waals surface area contributed by atoms with Crippen LogP contribution in [0.2, 0.25) is 5.02 Å². The van der Waals surface area contributed by atoms with Crippen molar-refractivity contribution in [2.24, 2.45) is 0 Å². The summed E-state index contributed by atoms with van der Waals surface area (Å²) in [5, 5.41) is 3.53. The highest BCUT2D eigenvalue weighted by Gasteiger charge is 2.32. The van der Waals surface area contributed by atoms with Crippen molar-refractivity contribution in [1.82, 2.24) is 10.2 Å². The lowest BCUT2D eigenvalue weighted by Gasteiger charge is -2.34. The lowest BCUT2D eigenvalue weighted by Crippen LogP contribution is -2.54. The molecule has 4 rings (SSSR count). The Morgan fingerprint density at radius 3 is 2.27 bits per heavy atom. The van der Waals surface area contributed by atoms with E-state index in [1.54, 1.807) is 29.2 Å². The van der Waals surface area contributed by atoms with Crippen LogP contribution < -0.4 is 19.1 Å². The highest BCUT2D eigenvalue weighted by molar-refractivity contribution is 7.92. The number of ether oxygens (including phenoxy) is 2. The molecule has 0 unspecified atom stereocenters. The maximum absolute atomic E-state index is 14.0. The van der Waals surface area contributed by atoms with Crippen LogP contribution >= 0.6 is 11.6 Å². The molecule has 11 heteroatoms. The van der Waals surface area contributed by atoms with E-state index in [1.165, 1.54) is 4.31 Å². The van der Waals surface area contributed by atoms with Gasteiger partial charge in [0.15, 0.2) is 11.5 Å². The van der Waals surface area contributed by atoms with E-state index >= 15 is 0 Å². The van der Waals surface area contributed by atoms with Gasteiger partial charge in [0.25, 0.3) is 0 Å². The molecule has 3 aromatic rings. The van der Waals surface area contributed by atoms with Gasteiger partial charge in [-0.05, 0) is 56.5 Å². The quantitative estimate of drug-likeness (QED) is 0.291. The number of amides is 2. The van der Waals surface area contributed by atoms with Crippen LogP contribution in [0.5, 0.6) is 11.5 Å². The zero-order chi connectivity index (χ0) is 31.9. The molecule has 0 saturated heterocycles. The summed E-state index contributed by atoms with van der Waals surface area (Å²) in [7, 11) is -3.68. The summed E-state index contributed by atoms with van der Waals surface area (Å²) in [6, 6.07) is 20.9. The summed E-state index contributed by atoms with van der Waals surface area (Å²) >= 11 is 6.51. The van der Waals surface area contributed by atoms with Gasteiger partial charge in [-0.2, -0.15) is 0 Å². The fraction of sp³-hybridized carbons (Fsp3) is 0.394. The normalized spacial score (nSPS) is 13.6. The molecule has 0 fully saturated rings. The molecule has 0 bridgehead atoms. The van der Waals surface area contributed by atoms with Crippen LogP contribution in [0.4, 0.5) is 5.69 Å². The number of benzene rings is 3. The number of nitrogens with one attached hydrogen (secondary N) is 1. The van der Waals surface area contributed by atoms with Gasteiger partial charge in [0.2, 0.25) is 21.8 Å². The molecule has 0 spiro atoms. The Hall–Kier alpha value is -3.76. The molecule has 0 saturated carbocycles. The van der Waals surface area contributed by atoms with Crippen molar-refractivity contribution in [2.75, 3.05) is 30.3 Å². The highest BCUT2D eigenvalue weighted by atomic mass is 35.5. The molecule has 1 aliphatic rings. The van der Waals surface area contributed by atoms with Crippen molar-refractivity contribution in [3.05, 3.63) is 88.9 Å². The number of hydrogen-bond donors (Lipinski definition) is 1. The Balaban J connectivity index is 1.60. The number of carbonyl (C=O) groups is 2. The van der Waals surface area contributed by atoms with Crippen LogP contribution in [-0.2, 0) is 32.6 Å². The van der Waals surface area contributed by atoms with Crippen molar-refractivity contribution >= 4 is 39.1 Å². The molecule has 236 valence electrons. The minimum absolute atomic E-state index is 0.00904. The van der Waals surface area contributed by atoms with Gasteiger partial charge in [-0.3, -0.25) is 13.9 Å². The van der Waals surface area contributed by atoms with Gasteiger partial charge >= 0.3 is 0 Å². The molecular formula is C33H40ClN3O6S. The standard InChI is InChI=1S/C33H40ClN3O6S/c1-33(2,3)35-32(39)28(21-24-11-6-5-7-12-24)36(23-25-13-8-9-14-27(25)34)31(38)15-10-18-37(44(4,40)41)26-16-17-29-30(22-26)43-20-19-42-29/h5-9,11-14,16-17,22,28H,10,15,18-21,23H2,1-4H3,(H,35,39)/t28-/m0/s1. The third kappa shape index (κ3) is 9.12. The van der Waals surface area contributed by atoms with Gasteiger partial charge in [-0.15, -0.1) is 0 Å². The molecule has 1 heterocycles. The number of nitrogens with zero attached hydrogens (tertiary/aromatic N) is 2. The molecule has 1 N–H and O–H groups in total. The number of rotatable bonds is 12. The molecular weight excluding hydrogens is 602 g/mol. The summed E-state index contributed by atoms with van der Waals surface area (Å²) < 4.78 is 38.1. The van der Waals surface area contributed by atoms with Crippen LogP contribution in [0.25, 0.3) is 0 Å². The largest absolute Gasteiger partial charge is 0.486 e. The number of halogens is 1. The zero-order valence-corrected chi connectivity index (χ0v) is 27.2. The van der Waals surface area contributed by atoms with E-state index in [0.29, 0.717) is 47.4 Å². The summed E-state index contributed by atoms with van der Waals surface area (Å²) in [6.45, 7) is 6.65.